The summed E-state index contributed by atoms with van der Waals surface area (Å²) in [5.74, 6) is 1.35. The number of carbonyl (C=O) groups excluding carboxylic acids is 1. The lowest BCUT2D eigenvalue weighted by Gasteiger charge is -2.23. The van der Waals surface area contributed by atoms with Gasteiger partial charge >= 0.3 is 0 Å². The van der Waals surface area contributed by atoms with Crippen molar-refractivity contribution < 1.29 is 4.79 Å². The van der Waals surface area contributed by atoms with E-state index >= 15 is 0 Å². The quantitative estimate of drug-likeness (QED) is 0.740. The standard InChI is InChI=1S/C14H28N2O/c1-4-6-13(7-5-2)14(17)16-9-8-12(11-16)10-15-3/h12-13,15H,4-11H2,1-3H3. The summed E-state index contributed by atoms with van der Waals surface area (Å²) in [4.78, 5) is 14.5. The van der Waals surface area contributed by atoms with Crippen LogP contribution in [-0.4, -0.2) is 37.5 Å². The van der Waals surface area contributed by atoms with Crippen LogP contribution in [-0.2, 0) is 4.79 Å². The van der Waals surface area contributed by atoms with Gasteiger partial charge < -0.3 is 10.2 Å². The van der Waals surface area contributed by atoms with Crippen LogP contribution in [0.4, 0.5) is 0 Å². The van der Waals surface area contributed by atoms with Gasteiger partial charge in [0.25, 0.3) is 0 Å². The van der Waals surface area contributed by atoms with E-state index in [0.29, 0.717) is 11.8 Å². The zero-order valence-corrected chi connectivity index (χ0v) is 11.7. The van der Waals surface area contributed by atoms with Gasteiger partial charge in [0.15, 0.2) is 0 Å². The van der Waals surface area contributed by atoms with E-state index < -0.39 is 0 Å². The molecular weight excluding hydrogens is 212 g/mol. The number of carbonyl (C=O) groups is 1. The van der Waals surface area contributed by atoms with Gasteiger partial charge in [-0.2, -0.15) is 0 Å². The first-order chi connectivity index (χ1) is 8.22. The van der Waals surface area contributed by atoms with E-state index in [1.807, 2.05) is 7.05 Å². The van der Waals surface area contributed by atoms with Crippen molar-refractivity contribution in [1.29, 1.82) is 0 Å². The summed E-state index contributed by atoms with van der Waals surface area (Å²) in [5, 5.41) is 3.21. The van der Waals surface area contributed by atoms with Crippen molar-refractivity contribution in [1.82, 2.24) is 10.2 Å². The van der Waals surface area contributed by atoms with Crippen LogP contribution in [0.15, 0.2) is 0 Å². The highest BCUT2D eigenvalue weighted by molar-refractivity contribution is 5.79. The van der Waals surface area contributed by atoms with E-state index in [1.54, 1.807) is 0 Å². The first-order valence-corrected chi connectivity index (χ1v) is 7.16. The molecule has 0 spiro atoms. The Morgan fingerprint density at radius 2 is 2.00 bits per heavy atom. The zero-order chi connectivity index (χ0) is 12.7. The van der Waals surface area contributed by atoms with E-state index in [9.17, 15) is 4.79 Å². The summed E-state index contributed by atoms with van der Waals surface area (Å²) in [6.07, 6.45) is 5.51. The monoisotopic (exact) mass is 240 g/mol. The van der Waals surface area contributed by atoms with Crippen molar-refractivity contribution in [2.24, 2.45) is 11.8 Å². The molecule has 1 aliphatic rings. The average Bonchev–Trinajstić information content (AvgIpc) is 2.77. The third-order valence-corrected chi connectivity index (χ3v) is 3.71. The second-order valence-corrected chi connectivity index (χ2v) is 5.27. The summed E-state index contributed by atoms with van der Waals surface area (Å²) in [6, 6.07) is 0. The first kappa shape index (κ1) is 14.5. The SMILES string of the molecule is CCCC(CCC)C(=O)N1CCC(CNC)C1. The molecule has 0 aromatic carbocycles. The van der Waals surface area contributed by atoms with Crippen molar-refractivity contribution >= 4 is 5.91 Å². The van der Waals surface area contributed by atoms with Gasteiger partial charge in [0.05, 0.1) is 0 Å². The lowest BCUT2D eigenvalue weighted by Crippen LogP contribution is -2.35. The van der Waals surface area contributed by atoms with Crippen LogP contribution < -0.4 is 5.32 Å². The zero-order valence-electron chi connectivity index (χ0n) is 11.7. The molecule has 3 nitrogen and oxygen atoms in total. The molecule has 1 atom stereocenters. The van der Waals surface area contributed by atoms with Gasteiger partial charge in [0.1, 0.15) is 0 Å². The van der Waals surface area contributed by atoms with E-state index in [1.165, 1.54) is 0 Å². The number of amides is 1. The molecule has 1 N–H and O–H groups in total. The van der Waals surface area contributed by atoms with Crippen LogP contribution >= 0.6 is 0 Å². The Bertz CT molecular complexity index is 224. The minimum Gasteiger partial charge on any atom is -0.342 e. The molecule has 1 unspecified atom stereocenters. The van der Waals surface area contributed by atoms with Crippen LogP contribution in [0.5, 0.6) is 0 Å². The molecule has 0 radical (unpaired) electrons. The Kier molecular flexibility index (Phi) is 6.56. The Morgan fingerprint density at radius 3 is 2.53 bits per heavy atom. The molecule has 1 saturated heterocycles. The molecule has 1 heterocycles. The fourth-order valence-electron chi connectivity index (χ4n) is 2.83. The number of rotatable bonds is 7. The van der Waals surface area contributed by atoms with Crippen molar-refractivity contribution in [2.45, 2.75) is 46.0 Å². The highest BCUT2D eigenvalue weighted by atomic mass is 16.2. The maximum atomic E-state index is 12.4. The molecule has 17 heavy (non-hydrogen) atoms. The molecule has 0 bridgehead atoms. The lowest BCUT2D eigenvalue weighted by molar-refractivity contribution is -0.135. The Balaban J connectivity index is 2.45. The van der Waals surface area contributed by atoms with Gasteiger partial charge in [-0.3, -0.25) is 4.79 Å². The van der Waals surface area contributed by atoms with E-state index in [2.05, 4.69) is 24.1 Å². The van der Waals surface area contributed by atoms with E-state index in [4.69, 9.17) is 0 Å². The number of nitrogens with one attached hydrogen (secondary N) is 1. The van der Waals surface area contributed by atoms with Gasteiger partial charge in [-0.25, -0.2) is 0 Å². The molecule has 1 amide bonds. The van der Waals surface area contributed by atoms with E-state index in [0.717, 1.165) is 51.7 Å². The Morgan fingerprint density at radius 1 is 1.35 bits per heavy atom. The van der Waals surface area contributed by atoms with Gasteiger partial charge in [0, 0.05) is 19.0 Å². The smallest absolute Gasteiger partial charge is 0.225 e. The molecule has 1 rings (SSSR count). The molecule has 0 aromatic rings. The van der Waals surface area contributed by atoms with Crippen molar-refractivity contribution in [2.75, 3.05) is 26.7 Å². The summed E-state index contributed by atoms with van der Waals surface area (Å²) in [7, 11) is 1.99. The van der Waals surface area contributed by atoms with Crippen LogP contribution in [0.2, 0.25) is 0 Å². The van der Waals surface area contributed by atoms with E-state index in [-0.39, 0.29) is 5.92 Å². The second-order valence-electron chi connectivity index (χ2n) is 5.27. The Labute approximate surface area is 106 Å². The van der Waals surface area contributed by atoms with Gasteiger partial charge in [-0.05, 0) is 38.8 Å². The van der Waals surface area contributed by atoms with Crippen LogP contribution in [0, 0.1) is 11.8 Å². The van der Waals surface area contributed by atoms with Crippen LogP contribution in [0.25, 0.3) is 0 Å². The van der Waals surface area contributed by atoms with Crippen LogP contribution in [0.3, 0.4) is 0 Å². The summed E-state index contributed by atoms with van der Waals surface area (Å²) in [5.41, 5.74) is 0. The topological polar surface area (TPSA) is 32.3 Å². The molecule has 0 saturated carbocycles. The predicted octanol–water partition coefficient (Wildman–Crippen LogP) is 2.27. The normalized spacial score (nSPS) is 20.2. The molecule has 0 aliphatic carbocycles. The maximum absolute atomic E-state index is 12.4. The first-order valence-electron chi connectivity index (χ1n) is 7.16. The highest BCUT2D eigenvalue weighted by Crippen LogP contribution is 2.22. The molecule has 0 aromatic heterocycles. The second kappa shape index (κ2) is 7.70. The van der Waals surface area contributed by atoms with Crippen molar-refractivity contribution in [3.63, 3.8) is 0 Å². The van der Waals surface area contributed by atoms with Crippen LogP contribution in [0.1, 0.15) is 46.0 Å². The fourth-order valence-corrected chi connectivity index (χ4v) is 2.83. The summed E-state index contributed by atoms with van der Waals surface area (Å²) < 4.78 is 0. The van der Waals surface area contributed by atoms with Crippen molar-refractivity contribution in [3.8, 4) is 0 Å². The number of nitrogens with zero attached hydrogens (tertiary/aromatic N) is 1. The Hall–Kier alpha value is -0.570. The number of hydrogen-bond donors (Lipinski definition) is 1. The number of likely N-dealkylation sites (tertiary alicyclic amines) is 1. The molecule has 100 valence electrons. The lowest BCUT2D eigenvalue weighted by atomic mass is 9.97. The molecule has 1 aliphatic heterocycles. The van der Waals surface area contributed by atoms with Crippen molar-refractivity contribution in [3.05, 3.63) is 0 Å². The van der Waals surface area contributed by atoms with Gasteiger partial charge in [0.2, 0.25) is 5.91 Å². The largest absolute Gasteiger partial charge is 0.342 e. The minimum absolute atomic E-state index is 0.276. The van der Waals surface area contributed by atoms with Gasteiger partial charge in [-0.1, -0.05) is 26.7 Å². The third kappa shape index (κ3) is 4.30. The summed E-state index contributed by atoms with van der Waals surface area (Å²) in [6.45, 7) is 7.31. The molecule has 3 heteroatoms. The fraction of sp³-hybridized carbons (Fsp3) is 0.929. The summed E-state index contributed by atoms with van der Waals surface area (Å²) >= 11 is 0. The molecular formula is C14H28N2O. The van der Waals surface area contributed by atoms with Gasteiger partial charge in [-0.15, -0.1) is 0 Å². The predicted molar refractivity (Wildman–Crippen MR) is 71.9 cm³/mol. The highest BCUT2D eigenvalue weighted by Gasteiger charge is 2.29. The maximum Gasteiger partial charge on any atom is 0.225 e. The number of hydrogen-bond acceptors (Lipinski definition) is 2. The minimum atomic E-state index is 0.276. The third-order valence-electron chi connectivity index (χ3n) is 3.71. The average molecular weight is 240 g/mol. The molecule has 1 fully saturated rings.